The largest absolute Gasteiger partial charge is 0.493 e. The van der Waals surface area contributed by atoms with Gasteiger partial charge in [0.25, 0.3) is 11.8 Å². The van der Waals surface area contributed by atoms with Gasteiger partial charge in [-0.15, -0.1) is 0 Å². The Labute approximate surface area is 278 Å². The van der Waals surface area contributed by atoms with Gasteiger partial charge in [0.2, 0.25) is 0 Å². The number of barbiturate groups is 1. The molecule has 4 saturated carbocycles. The third-order valence-corrected chi connectivity index (χ3v) is 10.9. The van der Waals surface area contributed by atoms with Crippen molar-refractivity contribution in [1.82, 2.24) is 5.32 Å². The summed E-state index contributed by atoms with van der Waals surface area (Å²) in [6.45, 7) is 0.265. The molecule has 0 atom stereocenters. The molecule has 1 heterocycles. The predicted molar refractivity (Wildman–Crippen MR) is 182 cm³/mol. The third-order valence-electron chi connectivity index (χ3n) is 10.6. The van der Waals surface area contributed by atoms with Crippen molar-refractivity contribution < 1.29 is 23.9 Å². The maximum atomic E-state index is 13.7. The highest BCUT2D eigenvalue weighted by atomic mass is 35.5. The van der Waals surface area contributed by atoms with Crippen LogP contribution in [0.3, 0.4) is 0 Å². The maximum absolute atomic E-state index is 13.7. The SMILES string of the molecule is COc1cc(/C=C2\C(=O)NC(=O)N(c3ccc(C45CC6CC(CC(C6)C4)C5)cc3)C2=O)cc(Cl)c1OCc1ccc2ccccc2c1. The van der Waals surface area contributed by atoms with E-state index in [4.69, 9.17) is 21.1 Å². The first-order valence-electron chi connectivity index (χ1n) is 16.3. The van der Waals surface area contributed by atoms with Crippen molar-refractivity contribution in [3.63, 3.8) is 0 Å². The molecule has 8 heteroatoms. The second-order valence-electron chi connectivity index (χ2n) is 13.7. The summed E-state index contributed by atoms with van der Waals surface area (Å²) < 4.78 is 11.7. The monoisotopic (exact) mass is 646 g/mol. The molecule has 0 aromatic heterocycles. The zero-order valence-electron chi connectivity index (χ0n) is 26.1. The Hall–Kier alpha value is -4.62. The number of nitrogens with zero attached hydrogens (tertiary/aromatic N) is 1. The summed E-state index contributed by atoms with van der Waals surface area (Å²) in [7, 11) is 1.50. The van der Waals surface area contributed by atoms with Gasteiger partial charge in [-0.05, 0) is 126 Å². The molecule has 7 nitrogen and oxygen atoms in total. The number of hydrogen-bond acceptors (Lipinski definition) is 5. The molecule has 0 unspecified atom stereocenters. The van der Waals surface area contributed by atoms with E-state index in [0.717, 1.165) is 39.0 Å². The molecule has 1 saturated heterocycles. The number of imide groups is 2. The number of fused-ring (bicyclic) bond motifs is 1. The van der Waals surface area contributed by atoms with Gasteiger partial charge in [-0.25, -0.2) is 9.69 Å². The fourth-order valence-electron chi connectivity index (χ4n) is 8.93. The second kappa shape index (κ2) is 11.6. The fraction of sp³-hybridized carbons (Fsp3) is 0.308. The van der Waals surface area contributed by atoms with E-state index in [-0.39, 0.29) is 22.6 Å². The molecule has 4 bridgehead atoms. The number of urea groups is 1. The lowest BCUT2D eigenvalue weighted by Gasteiger charge is -2.57. The zero-order chi connectivity index (χ0) is 32.3. The van der Waals surface area contributed by atoms with Crippen molar-refractivity contribution in [3.05, 3.63) is 106 Å². The van der Waals surface area contributed by atoms with E-state index >= 15 is 0 Å². The van der Waals surface area contributed by atoms with E-state index in [1.54, 1.807) is 12.1 Å². The van der Waals surface area contributed by atoms with Crippen LogP contribution in [0.1, 0.15) is 55.2 Å². The zero-order valence-corrected chi connectivity index (χ0v) is 26.9. The Balaban J connectivity index is 1.03. The predicted octanol–water partition coefficient (Wildman–Crippen LogP) is 8.22. The van der Waals surface area contributed by atoms with Gasteiger partial charge in [0, 0.05) is 0 Å². The fourth-order valence-corrected chi connectivity index (χ4v) is 9.21. The highest BCUT2D eigenvalue weighted by Crippen LogP contribution is 2.60. The van der Waals surface area contributed by atoms with Crippen LogP contribution >= 0.6 is 11.6 Å². The summed E-state index contributed by atoms with van der Waals surface area (Å²) in [4.78, 5) is 40.6. The number of halogens is 1. The summed E-state index contributed by atoms with van der Waals surface area (Å²) in [5.74, 6) is 1.66. The number of methoxy groups -OCH3 is 1. The van der Waals surface area contributed by atoms with Crippen LogP contribution in [0, 0.1) is 17.8 Å². The Kier molecular flexibility index (Phi) is 7.32. The molecule has 5 fully saturated rings. The van der Waals surface area contributed by atoms with Crippen LogP contribution in [-0.2, 0) is 21.6 Å². The van der Waals surface area contributed by atoms with Gasteiger partial charge in [-0.3, -0.25) is 14.9 Å². The molecule has 0 radical (unpaired) electrons. The molecular weight excluding hydrogens is 612 g/mol. The molecule has 4 aromatic carbocycles. The van der Waals surface area contributed by atoms with Crippen molar-refractivity contribution in [1.29, 1.82) is 0 Å². The number of anilines is 1. The number of rotatable bonds is 7. The van der Waals surface area contributed by atoms with E-state index in [1.165, 1.54) is 57.3 Å². The van der Waals surface area contributed by atoms with E-state index in [1.807, 2.05) is 42.5 Å². The average molecular weight is 647 g/mol. The summed E-state index contributed by atoms with van der Waals surface area (Å²) in [6.07, 6.45) is 9.18. The number of nitrogens with one attached hydrogen (secondary N) is 1. The van der Waals surface area contributed by atoms with Crippen LogP contribution in [0.25, 0.3) is 16.8 Å². The topological polar surface area (TPSA) is 84.9 Å². The van der Waals surface area contributed by atoms with Crippen molar-refractivity contribution in [3.8, 4) is 11.5 Å². The minimum absolute atomic E-state index is 0.183. The van der Waals surface area contributed by atoms with Gasteiger partial charge >= 0.3 is 6.03 Å². The maximum Gasteiger partial charge on any atom is 0.335 e. The van der Waals surface area contributed by atoms with Gasteiger partial charge < -0.3 is 9.47 Å². The highest BCUT2D eigenvalue weighted by Gasteiger charge is 2.51. The van der Waals surface area contributed by atoms with Crippen molar-refractivity contribution >= 4 is 52.0 Å². The number of carbonyl (C=O) groups is 3. The first-order valence-corrected chi connectivity index (χ1v) is 16.7. The lowest BCUT2D eigenvalue weighted by atomic mass is 9.48. The van der Waals surface area contributed by atoms with Crippen molar-refractivity contribution in [2.24, 2.45) is 17.8 Å². The quantitative estimate of drug-likeness (QED) is 0.162. The van der Waals surface area contributed by atoms with Gasteiger partial charge in [-0.1, -0.05) is 60.1 Å². The van der Waals surface area contributed by atoms with Crippen molar-refractivity contribution in [2.75, 3.05) is 12.0 Å². The third kappa shape index (κ3) is 5.36. The van der Waals surface area contributed by atoms with E-state index < -0.39 is 17.8 Å². The van der Waals surface area contributed by atoms with Crippen molar-refractivity contribution in [2.45, 2.75) is 50.5 Å². The lowest BCUT2D eigenvalue weighted by Crippen LogP contribution is -2.54. The van der Waals surface area contributed by atoms with Crippen LogP contribution in [0.2, 0.25) is 5.02 Å². The van der Waals surface area contributed by atoms with Gasteiger partial charge in [-0.2, -0.15) is 0 Å². The number of amides is 4. The minimum atomic E-state index is -0.771. The molecule has 1 aliphatic heterocycles. The first-order chi connectivity index (χ1) is 22.8. The Bertz CT molecular complexity index is 1930. The smallest absolute Gasteiger partial charge is 0.335 e. The lowest BCUT2D eigenvalue weighted by molar-refractivity contribution is -0.122. The molecule has 4 aromatic rings. The highest BCUT2D eigenvalue weighted by molar-refractivity contribution is 6.39. The molecular formula is C39H35ClN2O5. The molecule has 4 aliphatic carbocycles. The Morgan fingerprint density at radius 2 is 1.55 bits per heavy atom. The van der Waals surface area contributed by atoms with E-state index in [9.17, 15) is 14.4 Å². The van der Waals surface area contributed by atoms with Crippen LogP contribution < -0.4 is 19.7 Å². The minimum Gasteiger partial charge on any atom is -0.493 e. The number of benzene rings is 4. The molecule has 5 aliphatic rings. The first kappa shape index (κ1) is 29.8. The number of carbonyl (C=O) groups excluding carboxylic acids is 3. The summed E-state index contributed by atoms with van der Waals surface area (Å²) in [5.41, 5.74) is 3.15. The van der Waals surface area contributed by atoms with Crippen LogP contribution in [0.5, 0.6) is 11.5 Å². The molecule has 4 amide bonds. The summed E-state index contributed by atoms with van der Waals surface area (Å²) in [5, 5.41) is 4.83. The normalized spacial score (nSPS) is 25.8. The molecule has 1 N–H and O–H groups in total. The standard InChI is InChI=1S/C39H35ClN2O5/c1-46-34-18-24(17-33(40)35(34)47-22-23-6-7-28-4-2-3-5-29(28)15-23)16-32-36(43)41-38(45)42(37(32)44)31-10-8-30(9-11-31)39-19-25-12-26(20-39)14-27(13-25)21-39/h2-11,15-18,25-27H,12-14,19-22H2,1H3,(H,41,43,45)/b32-16+. The summed E-state index contributed by atoms with van der Waals surface area (Å²) >= 11 is 6.66. The number of hydrogen-bond donors (Lipinski definition) is 1. The van der Waals surface area contributed by atoms with E-state index in [2.05, 4.69) is 29.6 Å². The van der Waals surface area contributed by atoms with Gasteiger partial charge in [0.05, 0.1) is 17.8 Å². The Morgan fingerprint density at radius 1 is 0.872 bits per heavy atom. The molecule has 47 heavy (non-hydrogen) atoms. The van der Waals surface area contributed by atoms with Crippen LogP contribution in [0.15, 0.2) is 84.4 Å². The Morgan fingerprint density at radius 3 is 2.23 bits per heavy atom. The second-order valence-corrected chi connectivity index (χ2v) is 14.1. The molecule has 0 spiro atoms. The van der Waals surface area contributed by atoms with Crippen LogP contribution in [0.4, 0.5) is 10.5 Å². The van der Waals surface area contributed by atoms with Gasteiger partial charge in [0.15, 0.2) is 11.5 Å². The average Bonchev–Trinajstić information content (AvgIpc) is 3.05. The van der Waals surface area contributed by atoms with Gasteiger partial charge in [0.1, 0.15) is 12.2 Å². The molecule has 238 valence electrons. The summed E-state index contributed by atoms with van der Waals surface area (Å²) in [6, 6.07) is 24.5. The molecule has 9 rings (SSSR count). The van der Waals surface area contributed by atoms with Crippen LogP contribution in [-0.4, -0.2) is 25.0 Å². The number of ether oxygens (including phenoxy) is 2. The van der Waals surface area contributed by atoms with E-state index in [0.29, 0.717) is 22.7 Å².